The van der Waals surface area contributed by atoms with Gasteiger partial charge in [0.2, 0.25) is 0 Å². The first-order chi connectivity index (χ1) is 4.96. The van der Waals surface area contributed by atoms with E-state index in [2.05, 4.69) is 0 Å². The lowest BCUT2D eigenvalue weighted by Crippen LogP contribution is -2.32. The average Bonchev–Trinajstić information content (AvgIpc) is 2.01. The van der Waals surface area contributed by atoms with Gasteiger partial charge >= 0.3 is 0 Å². The van der Waals surface area contributed by atoms with Crippen molar-refractivity contribution in [1.29, 1.82) is 0 Å². The normalized spacial score (nSPS) is 17.8. The SMILES string of the molecule is CC(CO)S(=O)(=O)C(C)CO. The predicted octanol–water partition coefficient (Wildman–Crippen LogP) is -0.837. The number of hydrogen-bond donors (Lipinski definition) is 2. The van der Waals surface area contributed by atoms with Crippen LogP contribution in [-0.4, -0.2) is 42.3 Å². The fourth-order valence-corrected chi connectivity index (χ4v) is 1.81. The zero-order valence-corrected chi connectivity index (χ0v) is 7.50. The van der Waals surface area contributed by atoms with Gasteiger partial charge in [-0.1, -0.05) is 0 Å². The quantitative estimate of drug-likeness (QED) is 0.594. The molecule has 0 aromatic carbocycles. The Morgan fingerprint density at radius 2 is 1.36 bits per heavy atom. The van der Waals surface area contributed by atoms with Crippen LogP contribution in [0.3, 0.4) is 0 Å². The summed E-state index contributed by atoms with van der Waals surface area (Å²) in [4.78, 5) is 0. The average molecular weight is 182 g/mol. The van der Waals surface area contributed by atoms with Gasteiger partial charge in [0.25, 0.3) is 0 Å². The maximum atomic E-state index is 11.2. The van der Waals surface area contributed by atoms with Crippen molar-refractivity contribution in [2.75, 3.05) is 13.2 Å². The fraction of sp³-hybridized carbons (Fsp3) is 1.00. The van der Waals surface area contributed by atoms with Crippen LogP contribution in [0.15, 0.2) is 0 Å². The van der Waals surface area contributed by atoms with E-state index in [1.54, 1.807) is 0 Å². The molecule has 0 fully saturated rings. The topological polar surface area (TPSA) is 74.6 Å². The zero-order chi connectivity index (χ0) is 9.07. The molecule has 0 amide bonds. The minimum absolute atomic E-state index is 0.396. The van der Waals surface area contributed by atoms with Gasteiger partial charge in [-0.15, -0.1) is 0 Å². The van der Waals surface area contributed by atoms with Gasteiger partial charge in [0.05, 0.1) is 23.7 Å². The molecule has 0 aromatic heterocycles. The van der Waals surface area contributed by atoms with Gasteiger partial charge in [-0.05, 0) is 13.8 Å². The lowest BCUT2D eigenvalue weighted by atomic mass is 10.5. The van der Waals surface area contributed by atoms with E-state index in [1.807, 2.05) is 0 Å². The molecular weight excluding hydrogens is 168 g/mol. The molecule has 0 aliphatic rings. The Morgan fingerprint density at radius 3 is 1.55 bits per heavy atom. The van der Waals surface area contributed by atoms with Crippen molar-refractivity contribution in [3.8, 4) is 0 Å². The molecule has 0 aromatic rings. The van der Waals surface area contributed by atoms with Crippen molar-refractivity contribution in [3.05, 3.63) is 0 Å². The van der Waals surface area contributed by atoms with E-state index in [1.165, 1.54) is 13.8 Å². The highest BCUT2D eigenvalue weighted by Gasteiger charge is 2.26. The molecule has 2 N–H and O–H groups in total. The van der Waals surface area contributed by atoms with E-state index in [0.29, 0.717) is 0 Å². The maximum Gasteiger partial charge on any atom is 0.159 e. The third-order valence-electron chi connectivity index (χ3n) is 1.64. The van der Waals surface area contributed by atoms with Crippen LogP contribution in [0.4, 0.5) is 0 Å². The minimum atomic E-state index is -3.34. The zero-order valence-electron chi connectivity index (χ0n) is 6.69. The molecule has 4 nitrogen and oxygen atoms in total. The molecule has 68 valence electrons. The van der Waals surface area contributed by atoms with Crippen molar-refractivity contribution in [3.63, 3.8) is 0 Å². The van der Waals surface area contributed by atoms with Crippen LogP contribution >= 0.6 is 0 Å². The molecule has 0 saturated carbocycles. The summed E-state index contributed by atoms with van der Waals surface area (Å²) < 4.78 is 22.3. The first kappa shape index (κ1) is 10.9. The molecule has 0 aliphatic heterocycles. The first-order valence-electron chi connectivity index (χ1n) is 3.41. The summed E-state index contributed by atoms with van der Waals surface area (Å²) in [6.07, 6.45) is 0. The van der Waals surface area contributed by atoms with Crippen molar-refractivity contribution in [2.45, 2.75) is 24.3 Å². The van der Waals surface area contributed by atoms with Gasteiger partial charge in [0, 0.05) is 0 Å². The summed E-state index contributed by atoms with van der Waals surface area (Å²) in [6.45, 7) is 2.04. The molecule has 0 bridgehead atoms. The summed E-state index contributed by atoms with van der Waals surface area (Å²) in [5.74, 6) is 0. The van der Waals surface area contributed by atoms with E-state index in [9.17, 15) is 8.42 Å². The highest BCUT2D eigenvalue weighted by molar-refractivity contribution is 7.92. The number of rotatable bonds is 4. The van der Waals surface area contributed by atoms with Gasteiger partial charge in [0.15, 0.2) is 9.84 Å². The Morgan fingerprint density at radius 1 is 1.09 bits per heavy atom. The number of hydrogen-bond acceptors (Lipinski definition) is 4. The molecule has 0 rings (SSSR count). The molecule has 11 heavy (non-hydrogen) atoms. The molecule has 0 saturated heterocycles. The van der Waals surface area contributed by atoms with Crippen LogP contribution in [0.2, 0.25) is 0 Å². The van der Waals surface area contributed by atoms with Gasteiger partial charge in [-0.2, -0.15) is 0 Å². The van der Waals surface area contributed by atoms with Gasteiger partial charge in [-0.3, -0.25) is 0 Å². The summed E-state index contributed by atoms with van der Waals surface area (Å²) in [5.41, 5.74) is 0. The Hall–Kier alpha value is -0.130. The van der Waals surface area contributed by atoms with Crippen LogP contribution in [0, 0.1) is 0 Å². The van der Waals surface area contributed by atoms with E-state index in [4.69, 9.17) is 10.2 Å². The second kappa shape index (κ2) is 4.04. The van der Waals surface area contributed by atoms with Crippen LogP contribution in [-0.2, 0) is 9.84 Å². The van der Waals surface area contributed by atoms with E-state index in [0.717, 1.165) is 0 Å². The second-order valence-corrected chi connectivity index (χ2v) is 5.36. The molecule has 0 aliphatic carbocycles. The van der Waals surface area contributed by atoms with Crippen molar-refractivity contribution in [1.82, 2.24) is 0 Å². The standard InChI is InChI=1S/C6H14O4S/c1-5(3-7)11(9,10)6(2)4-8/h5-8H,3-4H2,1-2H3. The lowest BCUT2D eigenvalue weighted by molar-refractivity contribution is 0.283. The number of aliphatic hydroxyl groups excluding tert-OH is 2. The Kier molecular flexibility index (Phi) is 3.99. The molecule has 0 spiro atoms. The Labute approximate surface area is 66.8 Å². The van der Waals surface area contributed by atoms with Crippen LogP contribution in [0.5, 0.6) is 0 Å². The number of sulfone groups is 1. The molecule has 0 radical (unpaired) electrons. The highest BCUT2D eigenvalue weighted by Crippen LogP contribution is 2.07. The van der Waals surface area contributed by atoms with Gasteiger partial charge in [0.1, 0.15) is 0 Å². The molecule has 2 unspecified atom stereocenters. The molecule has 0 heterocycles. The third-order valence-corrected chi connectivity index (χ3v) is 4.18. The van der Waals surface area contributed by atoms with E-state index in [-0.39, 0.29) is 0 Å². The maximum absolute atomic E-state index is 11.2. The Balaban J connectivity index is 4.46. The van der Waals surface area contributed by atoms with E-state index < -0.39 is 33.6 Å². The highest BCUT2D eigenvalue weighted by atomic mass is 32.2. The largest absolute Gasteiger partial charge is 0.395 e. The Bertz CT molecular complexity index is 181. The lowest BCUT2D eigenvalue weighted by Gasteiger charge is -2.14. The van der Waals surface area contributed by atoms with Crippen molar-refractivity contribution >= 4 is 9.84 Å². The predicted molar refractivity (Wildman–Crippen MR) is 42.0 cm³/mol. The van der Waals surface area contributed by atoms with Crippen molar-refractivity contribution < 1.29 is 18.6 Å². The van der Waals surface area contributed by atoms with Gasteiger partial charge < -0.3 is 10.2 Å². The van der Waals surface area contributed by atoms with E-state index >= 15 is 0 Å². The monoisotopic (exact) mass is 182 g/mol. The summed E-state index contributed by atoms with van der Waals surface area (Å²) in [6, 6.07) is 0. The first-order valence-corrected chi connectivity index (χ1v) is 5.02. The van der Waals surface area contributed by atoms with Gasteiger partial charge in [-0.25, -0.2) is 8.42 Å². The molecule has 2 atom stereocenters. The fourth-order valence-electron chi connectivity index (χ4n) is 0.604. The van der Waals surface area contributed by atoms with Crippen LogP contribution < -0.4 is 0 Å². The minimum Gasteiger partial charge on any atom is -0.395 e. The molecule has 5 heteroatoms. The summed E-state index contributed by atoms with van der Waals surface area (Å²) >= 11 is 0. The third kappa shape index (κ3) is 2.43. The molecular formula is C6H14O4S. The summed E-state index contributed by atoms with van der Waals surface area (Å²) in [5, 5.41) is 15.5. The van der Waals surface area contributed by atoms with Crippen LogP contribution in [0.25, 0.3) is 0 Å². The number of aliphatic hydroxyl groups is 2. The second-order valence-electron chi connectivity index (χ2n) is 2.58. The smallest absolute Gasteiger partial charge is 0.159 e. The summed E-state index contributed by atoms with van der Waals surface area (Å²) in [7, 11) is -3.34. The van der Waals surface area contributed by atoms with Crippen molar-refractivity contribution in [2.24, 2.45) is 0 Å². The van der Waals surface area contributed by atoms with Crippen LogP contribution in [0.1, 0.15) is 13.8 Å².